The molecule has 4 nitrogen and oxygen atoms in total. The van der Waals surface area contributed by atoms with Crippen LogP contribution in [0.25, 0.3) is 10.8 Å². The highest BCUT2D eigenvalue weighted by atomic mass is 32.1. The first-order valence-corrected chi connectivity index (χ1v) is 9.06. The Balaban J connectivity index is 1.59. The molecule has 0 atom stereocenters. The van der Waals surface area contributed by atoms with E-state index in [9.17, 15) is 4.79 Å². The van der Waals surface area contributed by atoms with Gasteiger partial charge in [0.2, 0.25) is 0 Å². The second-order valence-corrected chi connectivity index (χ2v) is 7.07. The highest BCUT2D eigenvalue weighted by Crippen LogP contribution is 2.29. The van der Waals surface area contributed by atoms with Gasteiger partial charge in [-0.3, -0.25) is 15.0 Å². The minimum atomic E-state index is -0.0924. The Morgan fingerprint density at radius 2 is 2.08 bits per heavy atom. The largest absolute Gasteiger partial charge is 0.298 e. The first-order valence-electron chi connectivity index (χ1n) is 8.24. The normalized spacial score (nSPS) is 14.5. The molecular weight excluding hydrogens is 318 g/mol. The Bertz CT molecular complexity index is 897. The SMILES string of the molecule is CCN1CCc2nc(NC(=O)c3cccc4ccccc34)sc2C1. The topological polar surface area (TPSA) is 45.2 Å². The van der Waals surface area contributed by atoms with E-state index in [-0.39, 0.29) is 5.91 Å². The van der Waals surface area contributed by atoms with Crippen LogP contribution in [0.3, 0.4) is 0 Å². The molecule has 1 N–H and O–H groups in total. The second kappa shape index (κ2) is 6.34. The third kappa shape index (κ3) is 2.81. The number of aromatic nitrogens is 1. The number of nitrogens with one attached hydrogen (secondary N) is 1. The number of carbonyl (C=O) groups is 1. The molecule has 2 heterocycles. The van der Waals surface area contributed by atoms with Crippen LogP contribution in [0.1, 0.15) is 27.9 Å². The molecule has 0 bridgehead atoms. The van der Waals surface area contributed by atoms with Gasteiger partial charge in [-0.05, 0) is 23.4 Å². The lowest BCUT2D eigenvalue weighted by Crippen LogP contribution is -2.29. The molecule has 0 aliphatic carbocycles. The lowest BCUT2D eigenvalue weighted by molar-refractivity contribution is 0.102. The molecule has 4 rings (SSSR count). The van der Waals surface area contributed by atoms with Gasteiger partial charge in [0.25, 0.3) is 5.91 Å². The van der Waals surface area contributed by atoms with Crippen LogP contribution >= 0.6 is 11.3 Å². The van der Waals surface area contributed by atoms with Crippen LogP contribution in [-0.2, 0) is 13.0 Å². The molecular formula is C19H19N3OS. The second-order valence-electron chi connectivity index (χ2n) is 5.99. The van der Waals surface area contributed by atoms with E-state index >= 15 is 0 Å². The lowest BCUT2D eigenvalue weighted by Gasteiger charge is -2.23. The van der Waals surface area contributed by atoms with Crippen LogP contribution in [0.15, 0.2) is 42.5 Å². The molecule has 0 fully saturated rings. The Kier molecular flexibility index (Phi) is 4.04. The molecule has 2 aromatic carbocycles. The number of nitrogens with zero attached hydrogens (tertiary/aromatic N) is 2. The first kappa shape index (κ1) is 15.3. The third-order valence-corrected chi connectivity index (χ3v) is 5.51. The molecule has 0 saturated carbocycles. The molecule has 3 aromatic rings. The van der Waals surface area contributed by atoms with Gasteiger partial charge < -0.3 is 0 Å². The summed E-state index contributed by atoms with van der Waals surface area (Å²) in [4.78, 5) is 21.0. The Hall–Kier alpha value is -2.24. The van der Waals surface area contributed by atoms with Crippen LogP contribution in [0.5, 0.6) is 0 Å². The lowest BCUT2D eigenvalue weighted by atomic mass is 10.0. The third-order valence-electron chi connectivity index (χ3n) is 4.51. The zero-order valence-electron chi connectivity index (χ0n) is 13.6. The molecule has 0 saturated heterocycles. The zero-order valence-corrected chi connectivity index (χ0v) is 14.4. The van der Waals surface area contributed by atoms with Crippen molar-refractivity contribution in [2.45, 2.75) is 19.9 Å². The molecule has 24 heavy (non-hydrogen) atoms. The van der Waals surface area contributed by atoms with E-state index in [1.54, 1.807) is 11.3 Å². The van der Waals surface area contributed by atoms with Gasteiger partial charge in [-0.1, -0.05) is 43.3 Å². The van der Waals surface area contributed by atoms with Gasteiger partial charge in [-0.25, -0.2) is 4.98 Å². The fraction of sp³-hybridized carbons (Fsp3) is 0.263. The van der Waals surface area contributed by atoms with Crippen LogP contribution in [0.4, 0.5) is 5.13 Å². The van der Waals surface area contributed by atoms with Crippen molar-refractivity contribution in [3.63, 3.8) is 0 Å². The number of hydrogen-bond donors (Lipinski definition) is 1. The van der Waals surface area contributed by atoms with E-state index in [0.717, 1.165) is 42.5 Å². The maximum Gasteiger partial charge on any atom is 0.258 e. The van der Waals surface area contributed by atoms with Crippen molar-refractivity contribution in [1.82, 2.24) is 9.88 Å². The molecule has 0 unspecified atom stereocenters. The molecule has 1 amide bonds. The fourth-order valence-corrected chi connectivity index (χ4v) is 4.21. The van der Waals surface area contributed by atoms with E-state index < -0.39 is 0 Å². The quantitative estimate of drug-likeness (QED) is 0.788. The molecule has 0 radical (unpaired) electrons. The fourth-order valence-electron chi connectivity index (χ4n) is 3.16. The number of likely N-dealkylation sites (N-methyl/N-ethyl adjacent to an activating group) is 1. The summed E-state index contributed by atoms with van der Waals surface area (Å²) >= 11 is 1.60. The van der Waals surface area contributed by atoms with E-state index in [0.29, 0.717) is 10.7 Å². The number of rotatable bonds is 3. The summed E-state index contributed by atoms with van der Waals surface area (Å²) in [6.45, 7) is 5.21. The number of hydrogen-bond acceptors (Lipinski definition) is 4. The van der Waals surface area contributed by atoms with Crippen molar-refractivity contribution in [2.24, 2.45) is 0 Å². The number of carbonyl (C=O) groups excluding carboxylic acids is 1. The van der Waals surface area contributed by atoms with Crippen molar-refractivity contribution in [3.8, 4) is 0 Å². The summed E-state index contributed by atoms with van der Waals surface area (Å²) in [7, 11) is 0. The van der Waals surface area contributed by atoms with Gasteiger partial charge in [0.05, 0.1) is 5.69 Å². The summed E-state index contributed by atoms with van der Waals surface area (Å²) in [5, 5.41) is 5.73. The zero-order chi connectivity index (χ0) is 16.5. The minimum absolute atomic E-state index is 0.0924. The number of benzene rings is 2. The molecule has 5 heteroatoms. The Morgan fingerprint density at radius 1 is 1.25 bits per heavy atom. The number of thiazole rings is 1. The Morgan fingerprint density at radius 3 is 2.96 bits per heavy atom. The van der Waals surface area contributed by atoms with Gasteiger partial charge >= 0.3 is 0 Å². The summed E-state index contributed by atoms with van der Waals surface area (Å²) < 4.78 is 0. The van der Waals surface area contributed by atoms with Crippen molar-refractivity contribution >= 4 is 33.1 Å². The van der Waals surface area contributed by atoms with Crippen LogP contribution in [0.2, 0.25) is 0 Å². The molecule has 1 aliphatic rings. The summed E-state index contributed by atoms with van der Waals surface area (Å²) in [6, 6.07) is 13.8. The number of anilines is 1. The van der Waals surface area contributed by atoms with Gasteiger partial charge in [0.1, 0.15) is 0 Å². The number of amides is 1. The van der Waals surface area contributed by atoms with Crippen molar-refractivity contribution in [3.05, 3.63) is 58.6 Å². The smallest absolute Gasteiger partial charge is 0.258 e. The van der Waals surface area contributed by atoms with E-state index in [1.165, 1.54) is 4.88 Å². The monoisotopic (exact) mass is 337 g/mol. The average molecular weight is 337 g/mol. The average Bonchev–Trinajstić information content (AvgIpc) is 3.02. The highest BCUT2D eigenvalue weighted by Gasteiger charge is 2.21. The molecule has 122 valence electrons. The van der Waals surface area contributed by atoms with Gasteiger partial charge in [-0.2, -0.15) is 0 Å². The summed E-state index contributed by atoms with van der Waals surface area (Å²) in [6.07, 6.45) is 0.962. The van der Waals surface area contributed by atoms with Crippen molar-refractivity contribution in [1.29, 1.82) is 0 Å². The first-order chi connectivity index (χ1) is 11.7. The van der Waals surface area contributed by atoms with E-state index in [1.807, 2.05) is 42.5 Å². The molecule has 1 aromatic heterocycles. The van der Waals surface area contributed by atoms with Gasteiger partial charge in [-0.15, -0.1) is 11.3 Å². The molecule has 0 spiro atoms. The van der Waals surface area contributed by atoms with E-state index in [2.05, 4.69) is 22.1 Å². The predicted molar refractivity (Wildman–Crippen MR) is 98.7 cm³/mol. The Labute approximate surface area is 145 Å². The number of fused-ring (bicyclic) bond motifs is 2. The van der Waals surface area contributed by atoms with Crippen LogP contribution < -0.4 is 5.32 Å². The highest BCUT2D eigenvalue weighted by molar-refractivity contribution is 7.15. The van der Waals surface area contributed by atoms with E-state index in [4.69, 9.17) is 0 Å². The van der Waals surface area contributed by atoms with Crippen molar-refractivity contribution < 1.29 is 4.79 Å². The van der Waals surface area contributed by atoms with Gasteiger partial charge in [0, 0.05) is 30.0 Å². The minimum Gasteiger partial charge on any atom is -0.298 e. The summed E-state index contributed by atoms with van der Waals surface area (Å²) in [5.41, 5.74) is 1.83. The van der Waals surface area contributed by atoms with Crippen molar-refractivity contribution in [2.75, 3.05) is 18.4 Å². The van der Waals surface area contributed by atoms with Crippen LogP contribution in [-0.4, -0.2) is 28.9 Å². The standard InChI is InChI=1S/C19H19N3OS/c1-2-22-11-10-16-17(12-22)24-19(20-16)21-18(23)15-9-5-7-13-6-3-4-8-14(13)15/h3-9H,2,10-12H2,1H3,(H,20,21,23). The predicted octanol–water partition coefficient (Wildman–Crippen LogP) is 3.93. The maximum atomic E-state index is 12.7. The van der Waals surface area contributed by atoms with Crippen LogP contribution in [0, 0.1) is 0 Å². The van der Waals surface area contributed by atoms with Gasteiger partial charge in [0.15, 0.2) is 5.13 Å². The summed E-state index contributed by atoms with van der Waals surface area (Å²) in [5.74, 6) is -0.0924. The molecule has 1 aliphatic heterocycles. The maximum absolute atomic E-state index is 12.7.